The van der Waals surface area contributed by atoms with Crippen molar-refractivity contribution < 1.29 is 10.2 Å². The van der Waals surface area contributed by atoms with Gasteiger partial charge < -0.3 is 10.2 Å². The topological polar surface area (TPSA) is 53.4 Å². The standard InChI is InChI=1S/C11H17NO2S/c1-7(13)9(3)15-10-4-5-11(8(2)14)12-6-10/h4-9,13-14H,1-3H3/t7?,8-,9?/m1/s1. The first-order valence-electron chi connectivity index (χ1n) is 4.99. The van der Waals surface area contributed by atoms with Crippen molar-refractivity contribution in [3.05, 3.63) is 24.0 Å². The van der Waals surface area contributed by atoms with Crippen molar-refractivity contribution in [2.24, 2.45) is 0 Å². The van der Waals surface area contributed by atoms with E-state index in [1.54, 1.807) is 31.8 Å². The number of aromatic nitrogens is 1. The Hall–Kier alpha value is -0.580. The van der Waals surface area contributed by atoms with Crippen molar-refractivity contribution in [3.63, 3.8) is 0 Å². The SMILES string of the molecule is CC(O)C(C)Sc1ccc([C@@H](C)O)nc1. The molecule has 3 nitrogen and oxygen atoms in total. The van der Waals surface area contributed by atoms with Crippen LogP contribution in [0.5, 0.6) is 0 Å². The molecule has 0 aliphatic heterocycles. The number of pyridine rings is 1. The first-order chi connectivity index (χ1) is 7.00. The lowest BCUT2D eigenvalue weighted by Gasteiger charge is -2.14. The van der Waals surface area contributed by atoms with Gasteiger partial charge in [0.05, 0.1) is 17.9 Å². The van der Waals surface area contributed by atoms with Crippen molar-refractivity contribution >= 4 is 11.8 Å². The van der Waals surface area contributed by atoms with Crippen molar-refractivity contribution in [3.8, 4) is 0 Å². The van der Waals surface area contributed by atoms with Gasteiger partial charge in [-0.05, 0) is 26.0 Å². The molecule has 0 saturated carbocycles. The Bertz CT molecular complexity index is 298. The summed E-state index contributed by atoms with van der Waals surface area (Å²) in [6.07, 6.45) is 0.857. The summed E-state index contributed by atoms with van der Waals surface area (Å²) in [5, 5.41) is 18.8. The molecule has 0 saturated heterocycles. The number of aliphatic hydroxyl groups excluding tert-OH is 2. The van der Waals surface area contributed by atoms with Gasteiger partial charge in [-0.25, -0.2) is 0 Å². The zero-order valence-electron chi connectivity index (χ0n) is 9.21. The molecule has 1 heterocycles. The largest absolute Gasteiger partial charge is 0.392 e. The van der Waals surface area contributed by atoms with E-state index < -0.39 is 6.10 Å². The summed E-state index contributed by atoms with van der Waals surface area (Å²) >= 11 is 1.58. The van der Waals surface area contributed by atoms with Crippen LogP contribution in [0.2, 0.25) is 0 Å². The quantitative estimate of drug-likeness (QED) is 0.772. The molecule has 84 valence electrons. The van der Waals surface area contributed by atoms with E-state index in [4.69, 9.17) is 0 Å². The predicted molar refractivity (Wildman–Crippen MR) is 61.9 cm³/mol. The molecule has 1 rings (SSSR count). The molecule has 4 heteroatoms. The maximum absolute atomic E-state index is 9.34. The number of hydrogen-bond acceptors (Lipinski definition) is 4. The molecule has 0 aromatic carbocycles. The fraction of sp³-hybridized carbons (Fsp3) is 0.545. The van der Waals surface area contributed by atoms with Crippen LogP contribution < -0.4 is 0 Å². The Morgan fingerprint density at radius 2 is 1.87 bits per heavy atom. The zero-order chi connectivity index (χ0) is 11.4. The van der Waals surface area contributed by atoms with E-state index in [1.807, 2.05) is 19.1 Å². The summed E-state index contributed by atoms with van der Waals surface area (Å²) in [4.78, 5) is 5.15. The summed E-state index contributed by atoms with van der Waals surface area (Å²) in [6.45, 7) is 5.43. The van der Waals surface area contributed by atoms with Crippen LogP contribution in [0.25, 0.3) is 0 Å². The van der Waals surface area contributed by atoms with E-state index in [2.05, 4.69) is 4.98 Å². The number of hydrogen-bond donors (Lipinski definition) is 2. The van der Waals surface area contributed by atoms with Crippen LogP contribution >= 0.6 is 11.8 Å². The van der Waals surface area contributed by atoms with Crippen LogP contribution in [0.15, 0.2) is 23.2 Å². The van der Waals surface area contributed by atoms with Crippen molar-refractivity contribution in [2.45, 2.75) is 43.1 Å². The van der Waals surface area contributed by atoms with E-state index in [1.165, 1.54) is 0 Å². The van der Waals surface area contributed by atoms with E-state index in [0.29, 0.717) is 5.69 Å². The summed E-state index contributed by atoms with van der Waals surface area (Å²) in [6, 6.07) is 3.72. The van der Waals surface area contributed by atoms with Gasteiger partial charge in [0.1, 0.15) is 0 Å². The van der Waals surface area contributed by atoms with Gasteiger partial charge in [0, 0.05) is 16.3 Å². The summed E-state index contributed by atoms with van der Waals surface area (Å²) in [5.74, 6) is 0. The Kier molecular flexibility index (Phi) is 4.57. The fourth-order valence-corrected chi connectivity index (χ4v) is 1.91. The van der Waals surface area contributed by atoms with E-state index in [9.17, 15) is 10.2 Å². The lowest BCUT2D eigenvalue weighted by molar-refractivity contribution is 0.194. The van der Waals surface area contributed by atoms with E-state index in [-0.39, 0.29) is 11.4 Å². The smallest absolute Gasteiger partial charge is 0.0931 e. The molecule has 0 amide bonds. The monoisotopic (exact) mass is 227 g/mol. The van der Waals surface area contributed by atoms with Gasteiger partial charge in [-0.3, -0.25) is 4.98 Å². The second-order valence-electron chi connectivity index (χ2n) is 3.66. The van der Waals surface area contributed by atoms with Crippen LogP contribution in [0.4, 0.5) is 0 Å². The molecule has 0 bridgehead atoms. The van der Waals surface area contributed by atoms with E-state index in [0.717, 1.165) is 4.90 Å². The highest BCUT2D eigenvalue weighted by molar-refractivity contribution is 8.00. The third kappa shape index (κ3) is 3.81. The third-order valence-electron chi connectivity index (χ3n) is 2.19. The highest BCUT2D eigenvalue weighted by Gasteiger charge is 2.10. The van der Waals surface area contributed by atoms with Crippen LogP contribution in [0, 0.1) is 0 Å². The average Bonchev–Trinajstić information content (AvgIpc) is 2.18. The van der Waals surface area contributed by atoms with Gasteiger partial charge in [-0.1, -0.05) is 6.92 Å². The molecule has 3 atom stereocenters. The van der Waals surface area contributed by atoms with Crippen LogP contribution in [-0.2, 0) is 0 Å². The van der Waals surface area contributed by atoms with Crippen LogP contribution in [0.3, 0.4) is 0 Å². The molecular formula is C11H17NO2S. The summed E-state index contributed by atoms with van der Waals surface area (Å²) in [7, 11) is 0. The molecule has 0 radical (unpaired) electrons. The number of aliphatic hydroxyl groups is 2. The Labute approximate surface area is 94.6 Å². The minimum Gasteiger partial charge on any atom is -0.392 e. The second-order valence-corrected chi connectivity index (χ2v) is 5.11. The number of rotatable bonds is 4. The van der Waals surface area contributed by atoms with Gasteiger partial charge in [0.25, 0.3) is 0 Å². The third-order valence-corrected chi connectivity index (χ3v) is 3.47. The second kappa shape index (κ2) is 5.49. The normalized spacial score (nSPS) is 17.1. The Balaban J connectivity index is 2.64. The van der Waals surface area contributed by atoms with E-state index >= 15 is 0 Å². The Morgan fingerprint density at radius 3 is 2.27 bits per heavy atom. The number of nitrogens with zero attached hydrogens (tertiary/aromatic N) is 1. The molecule has 0 aliphatic rings. The van der Waals surface area contributed by atoms with Crippen molar-refractivity contribution in [1.29, 1.82) is 0 Å². The van der Waals surface area contributed by atoms with Gasteiger partial charge in [-0.15, -0.1) is 11.8 Å². The van der Waals surface area contributed by atoms with Crippen LogP contribution in [-0.4, -0.2) is 26.6 Å². The maximum atomic E-state index is 9.34. The molecule has 2 N–H and O–H groups in total. The molecule has 2 unspecified atom stereocenters. The molecule has 0 spiro atoms. The molecular weight excluding hydrogens is 210 g/mol. The summed E-state index contributed by atoms with van der Waals surface area (Å²) < 4.78 is 0. The molecule has 0 fully saturated rings. The molecule has 15 heavy (non-hydrogen) atoms. The number of thioether (sulfide) groups is 1. The average molecular weight is 227 g/mol. The lowest BCUT2D eigenvalue weighted by atomic mass is 10.2. The first kappa shape index (κ1) is 12.5. The van der Waals surface area contributed by atoms with Gasteiger partial charge in [0.2, 0.25) is 0 Å². The first-order valence-corrected chi connectivity index (χ1v) is 5.87. The summed E-state index contributed by atoms with van der Waals surface area (Å²) in [5.41, 5.74) is 0.670. The van der Waals surface area contributed by atoms with Gasteiger partial charge in [0.15, 0.2) is 0 Å². The minimum atomic E-state index is -0.529. The zero-order valence-corrected chi connectivity index (χ0v) is 10.0. The highest BCUT2D eigenvalue weighted by atomic mass is 32.2. The molecule has 1 aromatic rings. The minimum absolute atomic E-state index is 0.143. The predicted octanol–water partition coefficient (Wildman–Crippen LogP) is 2.00. The fourth-order valence-electron chi connectivity index (χ4n) is 1.02. The van der Waals surface area contributed by atoms with Crippen molar-refractivity contribution in [2.75, 3.05) is 0 Å². The van der Waals surface area contributed by atoms with Gasteiger partial charge in [-0.2, -0.15) is 0 Å². The Morgan fingerprint density at radius 1 is 1.20 bits per heavy atom. The highest BCUT2D eigenvalue weighted by Crippen LogP contribution is 2.25. The van der Waals surface area contributed by atoms with Crippen molar-refractivity contribution in [1.82, 2.24) is 4.98 Å². The van der Waals surface area contributed by atoms with Gasteiger partial charge >= 0.3 is 0 Å². The molecule has 1 aromatic heterocycles. The lowest BCUT2D eigenvalue weighted by Crippen LogP contribution is -2.14. The molecule has 0 aliphatic carbocycles. The van der Waals surface area contributed by atoms with Crippen LogP contribution in [0.1, 0.15) is 32.6 Å². The maximum Gasteiger partial charge on any atom is 0.0931 e.